The number of carbonyl (C=O) groups excluding carboxylic acids is 1. The second-order valence-corrected chi connectivity index (χ2v) is 7.16. The molecule has 29 heavy (non-hydrogen) atoms. The van der Waals surface area contributed by atoms with E-state index in [1.807, 2.05) is 54.6 Å². The van der Waals surface area contributed by atoms with Gasteiger partial charge in [-0.15, -0.1) is 0 Å². The normalized spacial score (nSPS) is 12.0. The quantitative estimate of drug-likeness (QED) is 0.606. The Morgan fingerprint density at radius 2 is 1.83 bits per heavy atom. The Kier molecular flexibility index (Phi) is 6.61. The van der Waals surface area contributed by atoms with Crippen molar-refractivity contribution < 1.29 is 9.90 Å². The monoisotopic (exact) mass is 394 g/mol. The molecule has 3 aromatic rings. The smallest absolute Gasteiger partial charge is 0.293 e. The van der Waals surface area contributed by atoms with Crippen molar-refractivity contribution in [3.8, 4) is 0 Å². The molecule has 7 nitrogen and oxygen atoms in total. The van der Waals surface area contributed by atoms with Crippen LogP contribution in [0.5, 0.6) is 0 Å². The Bertz CT molecular complexity index is 1030. The summed E-state index contributed by atoms with van der Waals surface area (Å²) in [5, 5.41) is 12.5. The van der Waals surface area contributed by atoms with Crippen molar-refractivity contribution in [2.75, 3.05) is 25.6 Å². The molecule has 152 valence electrons. The minimum Gasteiger partial charge on any atom is -0.394 e. The number of aliphatic hydroxyl groups excluding tert-OH is 1. The minimum atomic E-state index is -0.367. The van der Waals surface area contributed by atoms with E-state index in [0.29, 0.717) is 23.3 Å². The third kappa shape index (κ3) is 5.00. The number of hydrogen-bond acceptors (Lipinski definition) is 5. The van der Waals surface area contributed by atoms with Crippen LogP contribution in [0.4, 0.5) is 5.82 Å². The fourth-order valence-electron chi connectivity index (χ4n) is 3.27. The maximum absolute atomic E-state index is 12.8. The summed E-state index contributed by atoms with van der Waals surface area (Å²) in [6, 6.07) is 16.7. The van der Waals surface area contributed by atoms with Crippen LogP contribution in [0.2, 0.25) is 0 Å². The molecule has 0 bridgehead atoms. The number of aliphatic hydroxyl groups is 1. The van der Waals surface area contributed by atoms with E-state index in [1.165, 1.54) is 0 Å². The van der Waals surface area contributed by atoms with Crippen LogP contribution < -0.4 is 15.8 Å². The van der Waals surface area contributed by atoms with Crippen molar-refractivity contribution in [1.82, 2.24) is 14.9 Å². The number of nitrogens with one attached hydrogen (secondary N) is 1. The van der Waals surface area contributed by atoms with Crippen molar-refractivity contribution in [2.24, 2.45) is 0 Å². The standard InChI is InChI=1S/C22H26N4O3/c1-25(2)21-22(29)26(19-11-7-6-10-18(19)24-21)13-12-20(28)23-17(15-27)14-16-8-4-3-5-9-16/h3-11,17,27H,12-15H2,1-2H3,(H,23,28). The number of anilines is 1. The number of aromatic nitrogens is 2. The maximum Gasteiger partial charge on any atom is 0.293 e. The van der Waals surface area contributed by atoms with E-state index in [0.717, 1.165) is 5.56 Å². The summed E-state index contributed by atoms with van der Waals surface area (Å²) < 4.78 is 1.59. The summed E-state index contributed by atoms with van der Waals surface area (Å²) in [5.41, 5.74) is 2.20. The Hall–Kier alpha value is -3.19. The molecule has 0 saturated carbocycles. The number of rotatable bonds is 8. The number of fused-ring (bicyclic) bond motifs is 1. The van der Waals surface area contributed by atoms with Crippen molar-refractivity contribution in [3.05, 3.63) is 70.5 Å². The average Bonchev–Trinajstić information content (AvgIpc) is 2.72. The van der Waals surface area contributed by atoms with Crippen LogP contribution in [0, 0.1) is 0 Å². The highest BCUT2D eigenvalue weighted by Crippen LogP contribution is 2.13. The lowest BCUT2D eigenvalue weighted by molar-refractivity contribution is -0.122. The van der Waals surface area contributed by atoms with Crippen molar-refractivity contribution in [2.45, 2.75) is 25.4 Å². The third-order valence-corrected chi connectivity index (χ3v) is 4.73. The lowest BCUT2D eigenvalue weighted by Crippen LogP contribution is -2.40. The highest BCUT2D eigenvalue weighted by Gasteiger charge is 2.15. The van der Waals surface area contributed by atoms with Gasteiger partial charge in [-0.1, -0.05) is 42.5 Å². The second-order valence-electron chi connectivity index (χ2n) is 7.16. The first-order chi connectivity index (χ1) is 14.0. The molecule has 0 aliphatic heterocycles. The van der Waals surface area contributed by atoms with Gasteiger partial charge in [0.2, 0.25) is 5.91 Å². The number of nitrogens with zero attached hydrogens (tertiary/aromatic N) is 3. The Labute approximate surface area is 169 Å². The van der Waals surface area contributed by atoms with Gasteiger partial charge in [0.15, 0.2) is 5.82 Å². The number of carbonyl (C=O) groups is 1. The molecule has 7 heteroatoms. The largest absolute Gasteiger partial charge is 0.394 e. The fraction of sp³-hybridized carbons (Fsp3) is 0.318. The predicted octanol–water partition coefficient (Wildman–Crippen LogP) is 1.57. The van der Waals surface area contributed by atoms with Gasteiger partial charge in [0.05, 0.1) is 23.7 Å². The summed E-state index contributed by atoms with van der Waals surface area (Å²) in [6.45, 7) is 0.0849. The van der Waals surface area contributed by atoms with E-state index in [-0.39, 0.29) is 37.1 Å². The van der Waals surface area contributed by atoms with Gasteiger partial charge < -0.3 is 19.9 Å². The van der Waals surface area contributed by atoms with Gasteiger partial charge in [-0.05, 0) is 24.1 Å². The maximum atomic E-state index is 12.8. The third-order valence-electron chi connectivity index (χ3n) is 4.73. The van der Waals surface area contributed by atoms with Crippen LogP contribution in [0.3, 0.4) is 0 Å². The van der Waals surface area contributed by atoms with Crippen molar-refractivity contribution in [1.29, 1.82) is 0 Å². The molecule has 2 N–H and O–H groups in total. The molecule has 0 fully saturated rings. The van der Waals surface area contributed by atoms with Crippen LogP contribution in [-0.4, -0.2) is 47.3 Å². The Morgan fingerprint density at radius 1 is 1.14 bits per heavy atom. The molecule has 0 aliphatic carbocycles. The van der Waals surface area contributed by atoms with Crippen LogP contribution in [-0.2, 0) is 17.8 Å². The average molecular weight is 394 g/mol. The van der Waals surface area contributed by atoms with Gasteiger partial charge in [0.1, 0.15) is 0 Å². The number of aryl methyl sites for hydroxylation is 1. The van der Waals surface area contributed by atoms with Crippen LogP contribution in [0.25, 0.3) is 11.0 Å². The lowest BCUT2D eigenvalue weighted by atomic mass is 10.1. The number of para-hydroxylation sites is 2. The van der Waals surface area contributed by atoms with E-state index < -0.39 is 0 Å². The zero-order valence-corrected chi connectivity index (χ0v) is 16.7. The van der Waals surface area contributed by atoms with Crippen LogP contribution in [0.1, 0.15) is 12.0 Å². The molecular weight excluding hydrogens is 368 g/mol. The zero-order valence-electron chi connectivity index (χ0n) is 16.7. The first-order valence-corrected chi connectivity index (χ1v) is 9.60. The Morgan fingerprint density at radius 3 is 2.52 bits per heavy atom. The molecule has 1 aromatic heterocycles. The van der Waals surface area contributed by atoms with Crippen molar-refractivity contribution >= 4 is 22.8 Å². The van der Waals surface area contributed by atoms with E-state index in [1.54, 1.807) is 23.6 Å². The first kappa shape index (κ1) is 20.5. The van der Waals surface area contributed by atoms with Gasteiger partial charge in [-0.2, -0.15) is 0 Å². The number of amides is 1. The number of hydrogen-bond donors (Lipinski definition) is 2. The van der Waals surface area contributed by atoms with Crippen LogP contribution >= 0.6 is 0 Å². The molecule has 0 spiro atoms. The highest BCUT2D eigenvalue weighted by atomic mass is 16.3. The summed E-state index contributed by atoms with van der Waals surface area (Å²) in [7, 11) is 3.54. The van der Waals surface area contributed by atoms with Crippen molar-refractivity contribution in [3.63, 3.8) is 0 Å². The molecule has 1 heterocycles. The number of benzene rings is 2. The van der Waals surface area contributed by atoms with Gasteiger partial charge in [-0.25, -0.2) is 4.98 Å². The topological polar surface area (TPSA) is 87.5 Å². The molecule has 1 amide bonds. The van der Waals surface area contributed by atoms with Crippen LogP contribution in [0.15, 0.2) is 59.4 Å². The Balaban J connectivity index is 1.73. The van der Waals surface area contributed by atoms with Gasteiger partial charge in [-0.3, -0.25) is 9.59 Å². The molecule has 2 aromatic carbocycles. The SMILES string of the molecule is CN(C)c1nc2ccccc2n(CCC(=O)NC(CO)Cc2ccccc2)c1=O. The predicted molar refractivity (Wildman–Crippen MR) is 114 cm³/mol. The van der Waals surface area contributed by atoms with E-state index in [4.69, 9.17) is 0 Å². The minimum absolute atomic E-state index is 0.131. The molecular formula is C22H26N4O3. The van der Waals surface area contributed by atoms with Gasteiger partial charge >= 0.3 is 0 Å². The summed E-state index contributed by atoms with van der Waals surface area (Å²) in [5.74, 6) is 0.126. The zero-order chi connectivity index (χ0) is 20.8. The fourth-order valence-corrected chi connectivity index (χ4v) is 3.27. The summed E-state index contributed by atoms with van der Waals surface area (Å²) in [6.07, 6.45) is 0.679. The molecule has 1 atom stereocenters. The van der Waals surface area contributed by atoms with E-state index >= 15 is 0 Å². The lowest BCUT2D eigenvalue weighted by Gasteiger charge is -2.18. The second kappa shape index (κ2) is 9.34. The molecule has 1 unspecified atom stereocenters. The molecule has 0 saturated heterocycles. The van der Waals surface area contributed by atoms with E-state index in [2.05, 4.69) is 10.3 Å². The van der Waals surface area contributed by atoms with E-state index in [9.17, 15) is 14.7 Å². The molecule has 0 radical (unpaired) electrons. The molecule has 3 rings (SSSR count). The molecule has 0 aliphatic rings. The highest BCUT2D eigenvalue weighted by molar-refractivity contribution is 5.78. The summed E-state index contributed by atoms with van der Waals surface area (Å²) >= 11 is 0. The summed E-state index contributed by atoms with van der Waals surface area (Å²) in [4.78, 5) is 31.4. The van der Waals surface area contributed by atoms with Gasteiger partial charge in [0, 0.05) is 27.1 Å². The van der Waals surface area contributed by atoms with Gasteiger partial charge in [0.25, 0.3) is 5.56 Å². The first-order valence-electron chi connectivity index (χ1n) is 9.60.